The maximum Gasteiger partial charge on any atom is 0.410 e. The molecule has 1 aliphatic carbocycles. The first-order chi connectivity index (χ1) is 16.7. The van der Waals surface area contributed by atoms with Gasteiger partial charge in [-0.1, -0.05) is 36.4 Å². The molecule has 3 heterocycles. The van der Waals surface area contributed by atoms with Gasteiger partial charge in [-0.2, -0.15) is 0 Å². The summed E-state index contributed by atoms with van der Waals surface area (Å²) in [6, 6.07) is 16.4. The van der Waals surface area contributed by atoms with Crippen LogP contribution >= 0.6 is 0 Å². The van der Waals surface area contributed by atoms with Crippen LogP contribution in [0.5, 0.6) is 0 Å². The molecule has 2 aliphatic heterocycles. The summed E-state index contributed by atoms with van der Waals surface area (Å²) < 4.78 is 7.90. The zero-order valence-electron chi connectivity index (χ0n) is 19.3. The highest BCUT2D eigenvalue weighted by Crippen LogP contribution is 2.27. The van der Waals surface area contributed by atoms with Gasteiger partial charge >= 0.3 is 6.09 Å². The van der Waals surface area contributed by atoms with Crippen molar-refractivity contribution in [3.63, 3.8) is 0 Å². The number of benzene rings is 2. The zero-order chi connectivity index (χ0) is 22.9. The van der Waals surface area contributed by atoms with Crippen molar-refractivity contribution in [2.24, 2.45) is 0 Å². The van der Waals surface area contributed by atoms with E-state index in [4.69, 9.17) is 9.72 Å². The second-order valence-electron chi connectivity index (χ2n) is 9.05. The molecule has 0 bridgehead atoms. The van der Waals surface area contributed by atoms with E-state index in [-0.39, 0.29) is 6.09 Å². The van der Waals surface area contributed by atoms with Crippen molar-refractivity contribution in [3.05, 3.63) is 83.8 Å². The van der Waals surface area contributed by atoms with Gasteiger partial charge in [0, 0.05) is 63.6 Å². The minimum atomic E-state index is -0.235. The molecule has 1 saturated heterocycles. The maximum atomic E-state index is 12.5. The summed E-state index contributed by atoms with van der Waals surface area (Å²) in [7, 11) is 0. The third kappa shape index (κ3) is 4.02. The number of aromatic nitrogens is 2. The van der Waals surface area contributed by atoms with Crippen LogP contribution in [-0.4, -0.2) is 64.7 Å². The first-order valence-electron chi connectivity index (χ1n) is 12.1. The molecule has 0 radical (unpaired) electrons. The summed E-state index contributed by atoms with van der Waals surface area (Å²) in [6.07, 6.45) is 7.19. The molecule has 34 heavy (non-hydrogen) atoms. The minimum Gasteiger partial charge on any atom is -0.445 e. The number of anilines is 1. The first-order valence-corrected chi connectivity index (χ1v) is 12.1. The Kier molecular flexibility index (Phi) is 5.45. The second-order valence-corrected chi connectivity index (χ2v) is 9.05. The molecule has 3 aliphatic rings. The number of hydrogen-bond acceptors (Lipinski definition) is 5. The lowest BCUT2D eigenvalue weighted by atomic mass is 10.2. The Bertz CT molecular complexity index is 1250. The molecule has 0 N–H and O–H groups in total. The van der Waals surface area contributed by atoms with E-state index in [2.05, 4.69) is 50.8 Å². The minimum absolute atomic E-state index is 0.235. The van der Waals surface area contributed by atoms with Crippen molar-refractivity contribution >= 4 is 22.8 Å². The third-order valence-electron chi connectivity index (χ3n) is 7.02. The molecule has 3 aromatic rings. The van der Waals surface area contributed by atoms with Crippen LogP contribution in [0.4, 0.5) is 10.5 Å². The fraction of sp³-hybridized carbons (Fsp3) is 0.333. The van der Waals surface area contributed by atoms with E-state index in [1.807, 2.05) is 30.3 Å². The fourth-order valence-corrected chi connectivity index (χ4v) is 4.97. The van der Waals surface area contributed by atoms with E-state index in [1.165, 1.54) is 22.7 Å². The van der Waals surface area contributed by atoms with Gasteiger partial charge < -0.3 is 24.0 Å². The molecule has 174 valence electrons. The monoisotopic (exact) mass is 455 g/mol. The number of imidazole rings is 1. The van der Waals surface area contributed by atoms with Gasteiger partial charge in [-0.3, -0.25) is 0 Å². The van der Waals surface area contributed by atoms with E-state index in [9.17, 15) is 4.79 Å². The molecule has 0 unspecified atom stereocenters. The molecule has 0 atom stereocenters. The van der Waals surface area contributed by atoms with Gasteiger partial charge in [0.2, 0.25) is 0 Å². The van der Waals surface area contributed by atoms with Gasteiger partial charge in [-0.15, -0.1) is 0 Å². The van der Waals surface area contributed by atoms with E-state index in [0.717, 1.165) is 50.2 Å². The van der Waals surface area contributed by atoms with Crippen molar-refractivity contribution in [2.75, 3.05) is 44.2 Å². The molecule has 7 nitrogen and oxygen atoms in total. The predicted molar refractivity (Wildman–Crippen MR) is 133 cm³/mol. The standard InChI is InChI=1S/C27H29N5O2/c33-27(34-20-21-5-2-1-3-6-21)31-15-13-30(14-16-31)23-9-10-24-25(19-23)32-18-17-29(22-7-4-8-22)12-11-26(32)28-24/h1-10,19H,11-18,20H2. The number of ether oxygens (including phenoxy) is 1. The van der Waals surface area contributed by atoms with Gasteiger partial charge in [0.25, 0.3) is 0 Å². The first kappa shape index (κ1) is 20.8. The highest BCUT2D eigenvalue weighted by Gasteiger charge is 2.24. The number of carbonyl (C=O) groups is 1. The Hall–Kier alpha value is -3.74. The number of carbonyl (C=O) groups excluding carboxylic acids is 1. The number of amides is 1. The largest absolute Gasteiger partial charge is 0.445 e. The van der Waals surface area contributed by atoms with Crippen LogP contribution in [0.15, 0.2) is 72.5 Å². The third-order valence-corrected chi connectivity index (χ3v) is 7.02. The Labute approximate surface area is 199 Å². The van der Waals surface area contributed by atoms with Crippen LogP contribution in [0.1, 0.15) is 11.4 Å². The summed E-state index contributed by atoms with van der Waals surface area (Å²) in [6.45, 7) is 6.18. The lowest BCUT2D eigenvalue weighted by Gasteiger charge is -2.35. The summed E-state index contributed by atoms with van der Waals surface area (Å²) in [4.78, 5) is 24.0. The average Bonchev–Trinajstić information content (AvgIpc) is 3.07. The number of allylic oxidation sites excluding steroid dienone is 3. The lowest BCUT2D eigenvalue weighted by Crippen LogP contribution is -2.48. The predicted octanol–water partition coefficient (Wildman–Crippen LogP) is 3.81. The molecular formula is C27H29N5O2. The topological polar surface area (TPSA) is 53.8 Å². The number of nitrogens with zero attached hydrogens (tertiary/aromatic N) is 5. The number of piperazine rings is 1. The lowest BCUT2D eigenvalue weighted by molar-refractivity contribution is 0.0942. The van der Waals surface area contributed by atoms with Crippen LogP contribution in [0.3, 0.4) is 0 Å². The van der Waals surface area contributed by atoms with E-state index < -0.39 is 0 Å². The van der Waals surface area contributed by atoms with Gasteiger partial charge in [0.15, 0.2) is 0 Å². The Morgan fingerprint density at radius 3 is 2.47 bits per heavy atom. The number of fused-ring (bicyclic) bond motifs is 3. The van der Waals surface area contributed by atoms with Crippen LogP contribution in [0.2, 0.25) is 0 Å². The van der Waals surface area contributed by atoms with Crippen molar-refractivity contribution in [2.45, 2.75) is 19.6 Å². The van der Waals surface area contributed by atoms with Crippen LogP contribution in [0, 0.1) is 0 Å². The van der Waals surface area contributed by atoms with Crippen molar-refractivity contribution < 1.29 is 9.53 Å². The van der Waals surface area contributed by atoms with Crippen LogP contribution < -0.4 is 4.90 Å². The molecule has 6 rings (SSSR count). The summed E-state index contributed by atoms with van der Waals surface area (Å²) in [5, 5.41) is 0. The van der Waals surface area contributed by atoms with Crippen molar-refractivity contribution in [1.29, 1.82) is 0 Å². The number of hydrogen-bond donors (Lipinski definition) is 0. The summed E-state index contributed by atoms with van der Waals surface area (Å²) in [5.41, 5.74) is 5.80. The maximum absolute atomic E-state index is 12.5. The van der Waals surface area contributed by atoms with Crippen molar-refractivity contribution in [1.82, 2.24) is 19.4 Å². The summed E-state index contributed by atoms with van der Waals surface area (Å²) in [5.74, 6) is 1.17. The summed E-state index contributed by atoms with van der Waals surface area (Å²) >= 11 is 0. The number of rotatable bonds is 4. The van der Waals surface area contributed by atoms with Gasteiger partial charge in [0.05, 0.1) is 11.0 Å². The highest BCUT2D eigenvalue weighted by atomic mass is 16.6. The van der Waals surface area contributed by atoms with Gasteiger partial charge in [0.1, 0.15) is 12.4 Å². The Morgan fingerprint density at radius 1 is 0.912 bits per heavy atom. The molecule has 0 saturated carbocycles. The van der Waals surface area contributed by atoms with E-state index >= 15 is 0 Å². The van der Waals surface area contributed by atoms with Gasteiger partial charge in [-0.05, 0) is 35.9 Å². The molecule has 0 spiro atoms. The average molecular weight is 456 g/mol. The fourth-order valence-electron chi connectivity index (χ4n) is 4.97. The van der Waals surface area contributed by atoms with Crippen molar-refractivity contribution in [3.8, 4) is 0 Å². The molecule has 1 aromatic heterocycles. The van der Waals surface area contributed by atoms with E-state index in [0.29, 0.717) is 19.7 Å². The molecule has 2 aromatic carbocycles. The van der Waals surface area contributed by atoms with E-state index in [1.54, 1.807) is 4.90 Å². The highest BCUT2D eigenvalue weighted by molar-refractivity contribution is 5.81. The normalized spacial score (nSPS) is 17.8. The van der Waals surface area contributed by atoms with Crippen LogP contribution in [0.25, 0.3) is 11.0 Å². The molecular weight excluding hydrogens is 426 g/mol. The quantitative estimate of drug-likeness (QED) is 0.599. The SMILES string of the molecule is O=C(OCc1ccccc1)N1CCN(c2ccc3nc4n(c3c2)CCN(C2=CC=C2)CC4)CC1. The second kappa shape index (κ2) is 8.89. The van der Waals surface area contributed by atoms with Gasteiger partial charge in [-0.25, -0.2) is 9.78 Å². The zero-order valence-corrected chi connectivity index (χ0v) is 19.3. The molecule has 7 heteroatoms. The smallest absolute Gasteiger partial charge is 0.410 e. The van der Waals surface area contributed by atoms with Crippen LogP contribution in [-0.2, 0) is 24.3 Å². The molecule has 1 amide bonds. The Morgan fingerprint density at radius 2 is 1.71 bits per heavy atom. The Balaban J connectivity index is 1.10. The molecule has 1 fully saturated rings.